The minimum atomic E-state index is -0.161. The van der Waals surface area contributed by atoms with E-state index in [1.807, 2.05) is 15.8 Å². The molecule has 2 aromatic heterocycles. The van der Waals surface area contributed by atoms with Crippen molar-refractivity contribution >= 4 is 29.0 Å². The van der Waals surface area contributed by atoms with Gasteiger partial charge in [-0.3, -0.25) is 4.79 Å². The van der Waals surface area contributed by atoms with Crippen LogP contribution in [0.25, 0.3) is 0 Å². The fourth-order valence-corrected chi connectivity index (χ4v) is 5.63. The number of fused-ring (bicyclic) bond motifs is 1. The molecule has 8 nitrogen and oxygen atoms in total. The van der Waals surface area contributed by atoms with Gasteiger partial charge >= 0.3 is 0 Å². The molecule has 0 radical (unpaired) electrons. The van der Waals surface area contributed by atoms with Crippen LogP contribution in [0.5, 0.6) is 0 Å². The molecule has 1 amide bonds. The fraction of sp³-hybridized carbons (Fsp3) is 0.591. The molecule has 2 atom stereocenters. The molecule has 164 valence electrons. The number of nitrogens with zero attached hydrogens (tertiary/aromatic N) is 5. The Hall–Kier alpha value is -2.32. The highest BCUT2D eigenvalue weighted by atomic mass is 35.5. The van der Waals surface area contributed by atoms with Crippen LogP contribution in [0.15, 0.2) is 24.5 Å². The average molecular weight is 442 g/mol. The Kier molecular flexibility index (Phi) is 4.61. The molecule has 5 heterocycles. The molecule has 6 rings (SSSR count). The molecule has 2 aromatic rings. The number of likely N-dealkylation sites (tertiary alicyclic amines) is 1. The number of rotatable bonds is 4. The van der Waals surface area contributed by atoms with E-state index < -0.39 is 0 Å². The van der Waals surface area contributed by atoms with Crippen LogP contribution in [0.1, 0.15) is 50.3 Å². The van der Waals surface area contributed by atoms with Gasteiger partial charge in [0.1, 0.15) is 5.66 Å². The number of anilines is 2. The van der Waals surface area contributed by atoms with E-state index in [0.29, 0.717) is 17.6 Å². The van der Waals surface area contributed by atoms with E-state index in [1.165, 1.54) is 0 Å². The maximum atomic E-state index is 13.2. The summed E-state index contributed by atoms with van der Waals surface area (Å²) in [5.74, 6) is 1.15. The molecule has 0 aromatic carbocycles. The summed E-state index contributed by atoms with van der Waals surface area (Å²) in [4.78, 5) is 22.5. The van der Waals surface area contributed by atoms with Crippen LogP contribution in [0.3, 0.4) is 0 Å². The topological polar surface area (TPSA) is 78.3 Å². The first kappa shape index (κ1) is 19.4. The molecule has 2 N–H and O–H groups in total. The summed E-state index contributed by atoms with van der Waals surface area (Å²) in [6.07, 6.45) is 9.86. The maximum absolute atomic E-state index is 13.2. The van der Waals surface area contributed by atoms with E-state index in [2.05, 4.69) is 32.8 Å². The molecule has 0 spiro atoms. The number of piperidine rings is 1. The number of amides is 1. The van der Waals surface area contributed by atoms with Crippen molar-refractivity contribution in [3.05, 3.63) is 35.2 Å². The minimum absolute atomic E-state index is 0.0252. The van der Waals surface area contributed by atoms with Crippen LogP contribution in [0.4, 0.5) is 11.5 Å². The van der Waals surface area contributed by atoms with E-state index in [4.69, 9.17) is 16.6 Å². The van der Waals surface area contributed by atoms with Crippen molar-refractivity contribution in [2.45, 2.75) is 50.2 Å². The van der Waals surface area contributed by atoms with Crippen LogP contribution in [0.2, 0.25) is 5.02 Å². The molecule has 3 fully saturated rings. The van der Waals surface area contributed by atoms with Gasteiger partial charge in [0.2, 0.25) is 5.91 Å². The first-order valence-electron chi connectivity index (χ1n) is 11.4. The number of carbonyl (C=O) groups excluding carboxylic acids is 1. The molecule has 9 heteroatoms. The SMILES string of the molecule is O=C(C1CCCN[C@H]1c1ccc2c(n1)NCN2C1(n2cc(Cl)cn2)CC1)N1CCCC1. The number of hydrogen-bond acceptors (Lipinski definition) is 6. The summed E-state index contributed by atoms with van der Waals surface area (Å²) >= 11 is 6.13. The van der Waals surface area contributed by atoms with Crippen LogP contribution in [0, 0.1) is 5.92 Å². The van der Waals surface area contributed by atoms with Crippen molar-refractivity contribution in [1.82, 2.24) is 25.0 Å². The molecule has 3 aliphatic heterocycles. The zero-order valence-electron chi connectivity index (χ0n) is 17.6. The van der Waals surface area contributed by atoms with Crippen molar-refractivity contribution in [2.24, 2.45) is 5.92 Å². The summed E-state index contributed by atoms with van der Waals surface area (Å²) in [6.45, 7) is 3.42. The number of nitrogens with one attached hydrogen (secondary N) is 2. The maximum Gasteiger partial charge on any atom is 0.227 e. The third kappa shape index (κ3) is 3.19. The van der Waals surface area contributed by atoms with E-state index in [9.17, 15) is 4.79 Å². The van der Waals surface area contributed by atoms with E-state index in [0.717, 1.165) is 75.4 Å². The smallest absolute Gasteiger partial charge is 0.227 e. The van der Waals surface area contributed by atoms with Gasteiger partial charge in [0.25, 0.3) is 0 Å². The van der Waals surface area contributed by atoms with Crippen LogP contribution in [-0.2, 0) is 10.5 Å². The predicted octanol–water partition coefficient (Wildman–Crippen LogP) is 2.93. The van der Waals surface area contributed by atoms with Gasteiger partial charge in [0.15, 0.2) is 5.82 Å². The van der Waals surface area contributed by atoms with Crippen LogP contribution in [-0.4, -0.2) is 51.9 Å². The second-order valence-corrected chi connectivity index (χ2v) is 9.60. The van der Waals surface area contributed by atoms with Gasteiger partial charge in [-0.25, -0.2) is 9.67 Å². The molecular weight excluding hydrogens is 414 g/mol. The van der Waals surface area contributed by atoms with Crippen molar-refractivity contribution < 1.29 is 4.79 Å². The highest BCUT2D eigenvalue weighted by Gasteiger charge is 2.53. The Bertz CT molecular complexity index is 997. The number of pyridine rings is 1. The molecule has 2 saturated heterocycles. The van der Waals surface area contributed by atoms with Gasteiger partial charge in [-0.05, 0) is 57.2 Å². The van der Waals surface area contributed by atoms with E-state index in [1.54, 1.807) is 6.20 Å². The number of aromatic nitrogens is 3. The lowest BCUT2D eigenvalue weighted by Gasteiger charge is -2.34. The van der Waals surface area contributed by atoms with E-state index >= 15 is 0 Å². The summed E-state index contributed by atoms with van der Waals surface area (Å²) in [6, 6.07) is 4.22. The van der Waals surface area contributed by atoms with Crippen LogP contribution >= 0.6 is 11.6 Å². The Morgan fingerprint density at radius 3 is 2.77 bits per heavy atom. The summed E-state index contributed by atoms with van der Waals surface area (Å²) in [5, 5.41) is 12.2. The Labute approximate surface area is 186 Å². The Balaban J connectivity index is 1.27. The minimum Gasteiger partial charge on any atom is -0.351 e. The van der Waals surface area contributed by atoms with Crippen LogP contribution < -0.4 is 15.5 Å². The lowest BCUT2D eigenvalue weighted by molar-refractivity contribution is -0.136. The van der Waals surface area contributed by atoms with Gasteiger partial charge in [-0.1, -0.05) is 11.6 Å². The first-order valence-corrected chi connectivity index (χ1v) is 11.8. The van der Waals surface area contributed by atoms with Gasteiger partial charge in [0, 0.05) is 19.3 Å². The third-order valence-electron chi connectivity index (χ3n) is 7.28. The molecule has 0 bridgehead atoms. The fourth-order valence-electron chi connectivity index (χ4n) is 5.50. The van der Waals surface area contributed by atoms with Crippen molar-refractivity contribution in [3.8, 4) is 0 Å². The van der Waals surface area contributed by atoms with Crippen molar-refractivity contribution in [3.63, 3.8) is 0 Å². The molecule has 1 unspecified atom stereocenters. The lowest BCUT2D eigenvalue weighted by Crippen LogP contribution is -2.44. The Morgan fingerprint density at radius 1 is 1.19 bits per heavy atom. The van der Waals surface area contributed by atoms with Gasteiger partial charge in [-0.15, -0.1) is 0 Å². The summed E-state index contributed by atoms with van der Waals surface area (Å²) in [5.41, 5.74) is 1.88. The highest BCUT2D eigenvalue weighted by molar-refractivity contribution is 6.30. The first-order chi connectivity index (χ1) is 15.2. The number of carbonyl (C=O) groups is 1. The largest absolute Gasteiger partial charge is 0.351 e. The highest BCUT2D eigenvalue weighted by Crippen LogP contribution is 2.51. The quantitative estimate of drug-likeness (QED) is 0.759. The number of halogens is 1. The molecule has 31 heavy (non-hydrogen) atoms. The predicted molar refractivity (Wildman–Crippen MR) is 119 cm³/mol. The third-order valence-corrected chi connectivity index (χ3v) is 7.48. The van der Waals surface area contributed by atoms with Gasteiger partial charge < -0.3 is 20.4 Å². The molecule has 1 aliphatic carbocycles. The Morgan fingerprint density at radius 2 is 2.03 bits per heavy atom. The monoisotopic (exact) mass is 441 g/mol. The standard InChI is InChI=1S/C22H28ClN7O/c23-15-12-26-30(13-15)22(7-8-22)29-14-25-20-18(29)6-5-17(27-20)19-16(4-3-9-24-19)21(31)28-10-1-2-11-28/h5-6,12-13,16,19,24H,1-4,7-11,14H2,(H,25,27)/t16?,19-/m1/s1. The zero-order valence-corrected chi connectivity index (χ0v) is 18.3. The van der Waals surface area contributed by atoms with Crippen molar-refractivity contribution in [2.75, 3.05) is 36.5 Å². The molecule has 4 aliphatic rings. The number of hydrogen-bond donors (Lipinski definition) is 2. The lowest BCUT2D eigenvalue weighted by atomic mass is 9.87. The van der Waals surface area contributed by atoms with Gasteiger partial charge in [-0.2, -0.15) is 5.10 Å². The summed E-state index contributed by atoms with van der Waals surface area (Å²) in [7, 11) is 0. The second-order valence-electron chi connectivity index (χ2n) is 9.17. The van der Waals surface area contributed by atoms with Crippen molar-refractivity contribution in [1.29, 1.82) is 0 Å². The average Bonchev–Trinajstić information content (AvgIpc) is 3.20. The summed E-state index contributed by atoms with van der Waals surface area (Å²) < 4.78 is 1.98. The van der Waals surface area contributed by atoms with Gasteiger partial charge in [0.05, 0.1) is 41.2 Å². The zero-order chi connectivity index (χ0) is 21.0. The molecular formula is C22H28ClN7O. The second kappa shape index (κ2) is 7.38. The van der Waals surface area contributed by atoms with E-state index in [-0.39, 0.29) is 17.6 Å². The normalized spacial score (nSPS) is 26.6. The molecule has 1 saturated carbocycles.